The molecule has 1 aromatic heterocycles. The van der Waals surface area contributed by atoms with Gasteiger partial charge in [-0.05, 0) is 19.3 Å². The lowest BCUT2D eigenvalue weighted by atomic mass is 9.85. The summed E-state index contributed by atoms with van der Waals surface area (Å²) in [6, 6.07) is 1.42. The summed E-state index contributed by atoms with van der Waals surface area (Å²) in [7, 11) is 0. The van der Waals surface area contributed by atoms with Gasteiger partial charge < -0.3 is 0 Å². The Morgan fingerprint density at radius 2 is 2.23 bits per heavy atom. The molecule has 2 nitrogen and oxygen atoms in total. The molecule has 0 unspecified atom stereocenters. The van der Waals surface area contributed by atoms with Crippen molar-refractivity contribution in [1.29, 1.82) is 0 Å². The molecule has 2 rings (SSSR count). The molecule has 13 heavy (non-hydrogen) atoms. The molecule has 1 heterocycles. The van der Waals surface area contributed by atoms with E-state index in [2.05, 4.69) is 9.97 Å². The Morgan fingerprint density at radius 1 is 1.46 bits per heavy atom. The Hall–Kier alpha value is -0.990. The third-order valence-corrected chi connectivity index (χ3v) is 2.60. The van der Waals surface area contributed by atoms with Gasteiger partial charge in [0.2, 0.25) is 5.95 Å². The zero-order valence-electron chi connectivity index (χ0n) is 7.76. The van der Waals surface area contributed by atoms with Gasteiger partial charge in [-0.15, -0.1) is 0 Å². The number of hydrogen-bond donors (Lipinski definition) is 0. The Kier molecular flexibility index (Phi) is 2.25. The van der Waals surface area contributed by atoms with Crippen LogP contribution >= 0.6 is 0 Å². The maximum Gasteiger partial charge on any atom is 0.216 e. The molecule has 0 saturated heterocycles. The fourth-order valence-electron chi connectivity index (χ4n) is 1.51. The van der Waals surface area contributed by atoms with Crippen molar-refractivity contribution in [2.45, 2.75) is 38.5 Å². The maximum atomic E-state index is 13.0. The van der Waals surface area contributed by atoms with Gasteiger partial charge in [-0.2, -0.15) is 4.39 Å². The van der Waals surface area contributed by atoms with Crippen LogP contribution < -0.4 is 0 Å². The van der Waals surface area contributed by atoms with Crippen molar-refractivity contribution in [3.8, 4) is 0 Å². The van der Waals surface area contributed by atoms with Crippen molar-refractivity contribution < 1.29 is 4.39 Å². The number of rotatable bonds is 2. The van der Waals surface area contributed by atoms with Gasteiger partial charge in [0.05, 0.1) is 0 Å². The number of aryl methyl sites for hydroxylation is 1. The predicted octanol–water partition coefficient (Wildman–Crippen LogP) is 2.45. The molecule has 0 spiro atoms. The van der Waals surface area contributed by atoms with Crippen LogP contribution in [0, 0.1) is 5.95 Å². The van der Waals surface area contributed by atoms with Gasteiger partial charge in [0, 0.05) is 17.7 Å². The smallest absolute Gasteiger partial charge is 0.216 e. The van der Waals surface area contributed by atoms with E-state index in [-0.39, 0.29) is 5.95 Å². The normalized spacial score (nSPS) is 17.1. The molecule has 0 bridgehead atoms. The molecule has 0 N–H and O–H groups in total. The Bertz CT molecular complexity index is 308. The van der Waals surface area contributed by atoms with Gasteiger partial charge in [-0.1, -0.05) is 13.3 Å². The molecular weight excluding hydrogens is 167 g/mol. The van der Waals surface area contributed by atoms with Crippen molar-refractivity contribution in [2.75, 3.05) is 0 Å². The van der Waals surface area contributed by atoms with Gasteiger partial charge in [0.15, 0.2) is 0 Å². The van der Waals surface area contributed by atoms with E-state index in [4.69, 9.17) is 0 Å². The highest BCUT2D eigenvalue weighted by Crippen LogP contribution is 2.34. The molecule has 1 saturated carbocycles. The molecule has 1 aromatic rings. The number of halogens is 1. The number of aromatic nitrogens is 2. The van der Waals surface area contributed by atoms with Gasteiger partial charge >= 0.3 is 0 Å². The summed E-state index contributed by atoms with van der Waals surface area (Å²) in [6.07, 6.45) is 4.24. The van der Waals surface area contributed by atoms with Crippen LogP contribution in [0.5, 0.6) is 0 Å². The predicted molar refractivity (Wildman–Crippen MR) is 48.0 cm³/mol. The third kappa shape index (κ3) is 1.69. The summed E-state index contributed by atoms with van der Waals surface area (Å²) in [4.78, 5) is 8.15. The fraction of sp³-hybridized carbons (Fsp3) is 0.600. The fourth-order valence-corrected chi connectivity index (χ4v) is 1.51. The summed E-state index contributed by atoms with van der Waals surface area (Å²) in [5.74, 6) is 0.748. The second-order valence-corrected chi connectivity index (χ2v) is 3.52. The summed E-state index contributed by atoms with van der Waals surface area (Å²) in [5, 5.41) is 0. The topological polar surface area (TPSA) is 25.8 Å². The van der Waals surface area contributed by atoms with Crippen molar-refractivity contribution in [3.05, 3.63) is 23.5 Å². The lowest BCUT2D eigenvalue weighted by molar-refractivity contribution is 0.392. The second kappa shape index (κ2) is 3.40. The Morgan fingerprint density at radius 3 is 2.77 bits per heavy atom. The molecule has 0 aliphatic heterocycles. The molecule has 70 valence electrons. The zero-order valence-corrected chi connectivity index (χ0v) is 7.76. The van der Waals surface area contributed by atoms with E-state index < -0.39 is 0 Å². The Labute approximate surface area is 77.2 Å². The quantitative estimate of drug-likeness (QED) is 0.653. The average molecular weight is 180 g/mol. The molecule has 1 fully saturated rings. The summed E-state index contributed by atoms with van der Waals surface area (Å²) >= 11 is 0. The average Bonchev–Trinajstić information content (AvgIpc) is 2.00. The minimum atomic E-state index is -0.381. The minimum Gasteiger partial charge on any atom is -0.237 e. The molecule has 1 aliphatic carbocycles. The lowest BCUT2D eigenvalue weighted by Gasteiger charge is -2.23. The van der Waals surface area contributed by atoms with Gasteiger partial charge in [0.1, 0.15) is 5.82 Å². The van der Waals surface area contributed by atoms with Crippen LogP contribution in [0.2, 0.25) is 0 Å². The highest BCUT2D eigenvalue weighted by Gasteiger charge is 2.22. The minimum absolute atomic E-state index is 0.381. The summed E-state index contributed by atoms with van der Waals surface area (Å²) < 4.78 is 13.0. The SMILES string of the molecule is CCc1cc(F)nc(C2CCC2)n1. The molecule has 0 amide bonds. The van der Waals surface area contributed by atoms with Crippen LogP contribution in [0.4, 0.5) is 4.39 Å². The monoisotopic (exact) mass is 180 g/mol. The standard InChI is InChI=1S/C10H13FN2/c1-2-8-6-9(11)13-10(12-8)7-4-3-5-7/h6-7H,2-5H2,1H3. The van der Waals surface area contributed by atoms with E-state index in [1.807, 2.05) is 6.92 Å². The third-order valence-electron chi connectivity index (χ3n) is 2.60. The van der Waals surface area contributed by atoms with Gasteiger partial charge in [0.25, 0.3) is 0 Å². The van der Waals surface area contributed by atoms with Crippen LogP contribution in [0.1, 0.15) is 43.6 Å². The van der Waals surface area contributed by atoms with E-state index in [1.165, 1.54) is 12.5 Å². The first-order chi connectivity index (χ1) is 6.29. The van der Waals surface area contributed by atoms with E-state index in [0.29, 0.717) is 11.7 Å². The van der Waals surface area contributed by atoms with E-state index >= 15 is 0 Å². The Balaban J connectivity index is 2.28. The highest BCUT2D eigenvalue weighted by atomic mass is 19.1. The van der Waals surface area contributed by atoms with Crippen LogP contribution in [-0.4, -0.2) is 9.97 Å². The van der Waals surface area contributed by atoms with Crippen molar-refractivity contribution in [2.24, 2.45) is 0 Å². The first kappa shape index (κ1) is 8.60. The largest absolute Gasteiger partial charge is 0.237 e. The van der Waals surface area contributed by atoms with Gasteiger partial charge in [-0.25, -0.2) is 9.97 Å². The van der Waals surface area contributed by atoms with Gasteiger partial charge in [-0.3, -0.25) is 0 Å². The van der Waals surface area contributed by atoms with Crippen LogP contribution in [-0.2, 0) is 6.42 Å². The molecule has 0 radical (unpaired) electrons. The maximum absolute atomic E-state index is 13.0. The van der Waals surface area contributed by atoms with Crippen LogP contribution in [0.3, 0.4) is 0 Å². The van der Waals surface area contributed by atoms with E-state index in [0.717, 1.165) is 25.0 Å². The van der Waals surface area contributed by atoms with Crippen molar-refractivity contribution in [1.82, 2.24) is 9.97 Å². The first-order valence-electron chi connectivity index (χ1n) is 4.83. The molecular formula is C10H13FN2. The summed E-state index contributed by atoms with van der Waals surface area (Å²) in [6.45, 7) is 1.98. The molecule has 0 atom stereocenters. The summed E-state index contributed by atoms with van der Waals surface area (Å²) in [5.41, 5.74) is 0.814. The van der Waals surface area contributed by atoms with E-state index in [9.17, 15) is 4.39 Å². The zero-order chi connectivity index (χ0) is 9.26. The van der Waals surface area contributed by atoms with Crippen LogP contribution in [0.25, 0.3) is 0 Å². The molecule has 1 aliphatic rings. The lowest BCUT2D eigenvalue weighted by Crippen LogP contribution is -2.14. The van der Waals surface area contributed by atoms with Crippen molar-refractivity contribution in [3.63, 3.8) is 0 Å². The van der Waals surface area contributed by atoms with E-state index in [1.54, 1.807) is 0 Å². The first-order valence-corrected chi connectivity index (χ1v) is 4.83. The molecule has 0 aromatic carbocycles. The highest BCUT2D eigenvalue weighted by molar-refractivity contribution is 5.08. The van der Waals surface area contributed by atoms with Crippen molar-refractivity contribution >= 4 is 0 Å². The number of nitrogens with zero attached hydrogens (tertiary/aromatic N) is 2. The van der Waals surface area contributed by atoms with Crippen LogP contribution in [0.15, 0.2) is 6.07 Å². The number of hydrogen-bond acceptors (Lipinski definition) is 2. The molecule has 3 heteroatoms. The second-order valence-electron chi connectivity index (χ2n) is 3.52.